The fraction of sp³-hybridized carbons (Fsp3) is 0.500. The fourth-order valence-electron chi connectivity index (χ4n) is 1.73. The third kappa shape index (κ3) is 3.86. The molecule has 3 heteroatoms. The van der Waals surface area contributed by atoms with Gasteiger partial charge in [0.05, 0.1) is 5.56 Å². The molecule has 1 aromatic carbocycles. The molecule has 0 atom stereocenters. The van der Waals surface area contributed by atoms with E-state index in [1.807, 2.05) is 38.1 Å². The van der Waals surface area contributed by atoms with Crippen molar-refractivity contribution < 1.29 is 9.63 Å². The van der Waals surface area contributed by atoms with Gasteiger partial charge >= 0.3 is 5.97 Å². The standard InChI is InChI=1S/C14H21NO2/c1-4-9-12-10-7-8-11-13(12)14(16)17-15(5-2)6-3/h7-8,10-11H,4-6,9H2,1-3H3. The average Bonchev–Trinajstić information content (AvgIpc) is 2.36. The lowest BCUT2D eigenvalue weighted by molar-refractivity contribution is -0.103. The summed E-state index contributed by atoms with van der Waals surface area (Å²) >= 11 is 0. The third-order valence-electron chi connectivity index (χ3n) is 2.67. The minimum atomic E-state index is -0.252. The van der Waals surface area contributed by atoms with Gasteiger partial charge in [0.25, 0.3) is 0 Å². The SMILES string of the molecule is CCCc1ccccc1C(=O)ON(CC)CC. The molecule has 0 fully saturated rings. The molecule has 1 rings (SSSR count). The fourth-order valence-corrected chi connectivity index (χ4v) is 1.73. The van der Waals surface area contributed by atoms with E-state index >= 15 is 0 Å². The largest absolute Gasteiger partial charge is 0.364 e. The molecule has 0 spiro atoms. The third-order valence-corrected chi connectivity index (χ3v) is 2.67. The molecule has 0 radical (unpaired) electrons. The quantitative estimate of drug-likeness (QED) is 0.710. The molecule has 0 heterocycles. The average molecular weight is 235 g/mol. The summed E-state index contributed by atoms with van der Waals surface area (Å²) in [6.45, 7) is 7.45. The van der Waals surface area contributed by atoms with E-state index in [2.05, 4.69) is 6.92 Å². The van der Waals surface area contributed by atoms with Gasteiger partial charge in [-0.1, -0.05) is 31.5 Å². The van der Waals surface area contributed by atoms with Crippen LogP contribution in [0.3, 0.4) is 0 Å². The number of hydroxylamine groups is 2. The monoisotopic (exact) mass is 235 g/mol. The van der Waals surface area contributed by atoms with Crippen molar-refractivity contribution in [2.45, 2.75) is 33.6 Å². The van der Waals surface area contributed by atoms with Crippen molar-refractivity contribution in [1.82, 2.24) is 5.06 Å². The van der Waals surface area contributed by atoms with E-state index in [4.69, 9.17) is 4.84 Å². The highest BCUT2D eigenvalue weighted by Crippen LogP contribution is 2.13. The molecule has 94 valence electrons. The van der Waals surface area contributed by atoms with Gasteiger partial charge in [-0.25, -0.2) is 4.79 Å². The lowest BCUT2D eigenvalue weighted by Crippen LogP contribution is -2.27. The molecule has 1 aromatic rings. The second kappa shape index (κ2) is 7.07. The molecule has 17 heavy (non-hydrogen) atoms. The zero-order valence-corrected chi connectivity index (χ0v) is 10.9. The Morgan fingerprint density at radius 3 is 2.41 bits per heavy atom. The van der Waals surface area contributed by atoms with Crippen LogP contribution in [0.25, 0.3) is 0 Å². The van der Waals surface area contributed by atoms with Gasteiger partial charge in [-0.3, -0.25) is 0 Å². The predicted molar refractivity (Wildman–Crippen MR) is 68.8 cm³/mol. The van der Waals surface area contributed by atoms with Crippen LogP contribution in [0.4, 0.5) is 0 Å². The van der Waals surface area contributed by atoms with Crippen molar-refractivity contribution in [2.75, 3.05) is 13.1 Å². The Kier molecular flexibility index (Phi) is 5.70. The van der Waals surface area contributed by atoms with Crippen LogP contribution in [0, 0.1) is 0 Å². The first-order valence-corrected chi connectivity index (χ1v) is 6.28. The normalized spacial score (nSPS) is 10.6. The Bertz CT molecular complexity index is 359. The number of rotatable bonds is 6. The summed E-state index contributed by atoms with van der Waals surface area (Å²) in [6.07, 6.45) is 1.93. The van der Waals surface area contributed by atoms with Crippen LogP contribution < -0.4 is 0 Å². The van der Waals surface area contributed by atoms with E-state index in [-0.39, 0.29) is 5.97 Å². The van der Waals surface area contributed by atoms with E-state index in [1.165, 1.54) is 0 Å². The molecule has 0 saturated carbocycles. The number of aryl methyl sites for hydroxylation is 1. The molecule has 0 saturated heterocycles. The smallest absolute Gasteiger partial charge is 0.357 e. The summed E-state index contributed by atoms with van der Waals surface area (Å²) < 4.78 is 0. The van der Waals surface area contributed by atoms with Gasteiger partial charge in [0.1, 0.15) is 0 Å². The van der Waals surface area contributed by atoms with Crippen molar-refractivity contribution in [2.24, 2.45) is 0 Å². The summed E-state index contributed by atoms with van der Waals surface area (Å²) in [5.74, 6) is -0.252. The van der Waals surface area contributed by atoms with Gasteiger partial charge < -0.3 is 4.84 Å². The minimum absolute atomic E-state index is 0.252. The van der Waals surface area contributed by atoms with Gasteiger partial charge in [-0.05, 0) is 31.9 Å². The number of benzene rings is 1. The van der Waals surface area contributed by atoms with Crippen molar-refractivity contribution in [3.05, 3.63) is 35.4 Å². The van der Waals surface area contributed by atoms with Gasteiger partial charge in [0.15, 0.2) is 0 Å². The Labute approximate surface area is 103 Å². The van der Waals surface area contributed by atoms with Crippen LogP contribution in [-0.2, 0) is 11.3 Å². The molecule has 0 aliphatic heterocycles. The molecular weight excluding hydrogens is 214 g/mol. The molecule has 0 bridgehead atoms. The molecule has 0 aromatic heterocycles. The van der Waals surface area contributed by atoms with Gasteiger partial charge in [-0.2, -0.15) is 0 Å². The lowest BCUT2D eigenvalue weighted by atomic mass is 10.0. The molecule has 0 aliphatic rings. The number of carbonyl (C=O) groups excluding carboxylic acids is 1. The topological polar surface area (TPSA) is 29.5 Å². The van der Waals surface area contributed by atoms with Crippen LogP contribution in [0.1, 0.15) is 43.1 Å². The maximum absolute atomic E-state index is 12.0. The maximum atomic E-state index is 12.0. The molecule has 0 amide bonds. The molecule has 0 aliphatic carbocycles. The van der Waals surface area contributed by atoms with Crippen LogP contribution in [0.15, 0.2) is 24.3 Å². The maximum Gasteiger partial charge on any atom is 0.357 e. The summed E-state index contributed by atoms with van der Waals surface area (Å²) in [6, 6.07) is 7.65. The highest BCUT2D eigenvalue weighted by Gasteiger charge is 2.14. The molecule has 3 nitrogen and oxygen atoms in total. The van der Waals surface area contributed by atoms with Gasteiger partial charge in [0, 0.05) is 13.1 Å². The van der Waals surface area contributed by atoms with Crippen molar-refractivity contribution in [1.29, 1.82) is 0 Å². The number of hydrogen-bond donors (Lipinski definition) is 0. The van der Waals surface area contributed by atoms with E-state index in [0.29, 0.717) is 18.7 Å². The Balaban J connectivity index is 2.80. The Morgan fingerprint density at radius 2 is 1.82 bits per heavy atom. The first-order chi connectivity index (χ1) is 8.22. The van der Waals surface area contributed by atoms with Gasteiger partial charge in [0.2, 0.25) is 0 Å². The summed E-state index contributed by atoms with van der Waals surface area (Å²) in [5.41, 5.74) is 1.74. The highest BCUT2D eigenvalue weighted by molar-refractivity contribution is 5.90. The van der Waals surface area contributed by atoms with Crippen LogP contribution >= 0.6 is 0 Å². The van der Waals surface area contributed by atoms with Crippen molar-refractivity contribution in [3.63, 3.8) is 0 Å². The predicted octanol–water partition coefficient (Wildman–Crippen LogP) is 3.05. The van der Waals surface area contributed by atoms with E-state index in [0.717, 1.165) is 18.4 Å². The Hall–Kier alpha value is -1.35. The van der Waals surface area contributed by atoms with Crippen LogP contribution in [0.5, 0.6) is 0 Å². The zero-order valence-electron chi connectivity index (χ0n) is 10.9. The van der Waals surface area contributed by atoms with Crippen molar-refractivity contribution >= 4 is 5.97 Å². The van der Waals surface area contributed by atoms with E-state index in [1.54, 1.807) is 5.06 Å². The first kappa shape index (κ1) is 13.7. The van der Waals surface area contributed by atoms with E-state index < -0.39 is 0 Å². The van der Waals surface area contributed by atoms with Crippen LogP contribution in [-0.4, -0.2) is 24.1 Å². The zero-order chi connectivity index (χ0) is 12.7. The molecular formula is C14H21NO2. The summed E-state index contributed by atoms with van der Waals surface area (Å²) in [4.78, 5) is 17.3. The number of hydrogen-bond acceptors (Lipinski definition) is 3. The highest BCUT2D eigenvalue weighted by atomic mass is 16.7. The second-order valence-electron chi connectivity index (χ2n) is 3.90. The molecule has 0 N–H and O–H groups in total. The van der Waals surface area contributed by atoms with Crippen LogP contribution in [0.2, 0.25) is 0 Å². The lowest BCUT2D eigenvalue weighted by Gasteiger charge is -2.18. The Morgan fingerprint density at radius 1 is 1.18 bits per heavy atom. The van der Waals surface area contributed by atoms with Crippen molar-refractivity contribution in [3.8, 4) is 0 Å². The summed E-state index contributed by atoms with van der Waals surface area (Å²) in [7, 11) is 0. The number of nitrogens with zero attached hydrogens (tertiary/aromatic N) is 1. The van der Waals surface area contributed by atoms with Gasteiger partial charge in [-0.15, -0.1) is 5.06 Å². The first-order valence-electron chi connectivity index (χ1n) is 6.28. The number of carbonyl (C=O) groups is 1. The summed E-state index contributed by atoms with van der Waals surface area (Å²) in [5, 5.41) is 1.66. The second-order valence-corrected chi connectivity index (χ2v) is 3.90. The van der Waals surface area contributed by atoms with E-state index in [9.17, 15) is 4.79 Å². The molecule has 0 unspecified atom stereocenters. The minimum Gasteiger partial charge on any atom is -0.364 e.